The Morgan fingerprint density at radius 2 is 2.06 bits per heavy atom. The molecule has 0 radical (unpaired) electrons. The molecule has 0 saturated heterocycles. The Labute approximate surface area is 102 Å². The molecule has 0 aliphatic carbocycles. The van der Waals surface area contributed by atoms with Crippen LogP contribution in [0.1, 0.15) is 18.9 Å². The van der Waals surface area contributed by atoms with E-state index in [1.54, 1.807) is 6.92 Å². The molecule has 0 saturated carbocycles. The standard InChI is InChI=1S/C13H19NO3/c1-2-17-13(15)8-12(14)10-16-9-11-6-4-3-5-7-11/h3-7,12H,2,8-10,14H2,1H3/t12-/m1/s1. The second-order valence-electron chi connectivity index (χ2n) is 3.77. The maximum Gasteiger partial charge on any atom is 0.307 e. The van der Waals surface area contributed by atoms with Crippen LogP contribution < -0.4 is 5.73 Å². The topological polar surface area (TPSA) is 61.5 Å². The molecule has 1 rings (SSSR count). The maximum atomic E-state index is 11.1. The zero-order valence-corrected chi connectivity index (χ0v) is 10.1. The van der Waals surface area contributed by atoms with Gasteiger partial charge in [0.15, 0.2) is 0 Å². The number of carbonyl (C=O) groups is 1. The summed E-state index contributed by atoms with van der Waals surface area (Å²) in [6.07, 6.45) is 0.197. The lowest BCUT2D eigenvalue weighted by molar-refractivity contribution is -0.143. The number of nitrogens with two attached hydrogens (primary N) is 1. The molecule has 94 valence electrons. The van der Waals surface area contributed by atoms with Gasteiger partial charge in [0.2, 0.25) is 0 Å². The van der Waals surface area contributed by atoms with Gasteiger partial charge in [0.1, 0.15) is 0 Å². The molecular formula is C13H19NO3. The number of benzene rings is 1. The van der Waals surface area contributed by atoms with Crippen molar-refractivity contribution in [2.45, 2.75) is 26.0 Å². The molecule has 0 aliphatic rings. The first kappa shape index (κ1) is 13.7. The summed E-state index contributed by atoms with van der Waals surface area (Å²) in [7, 11) is 0. The molecule has 0 aliphatic heterocycles. The third-order valence-electron chi connectivity index (χ3n) is 2.18. The molecule has 2 N–H and O–H groups in total. The predicted molar refractivity (Wildman–Crippen MR) is 65.3 cm³/mol. The largest absolute Gasteiger partial charge is 0.466 e. The summed E-state index contributed by atoms with van der Waals surface area (Å²) in [6, 6.07) is 9.52. The van der Waals surface area contributed by atoms with Gasteiger partial charge >= 0.3 is 5.97 Å². The second kappa shape index (κ2) is 7.81. The van der Waals surface area contributed by atoms with Gasteiger partial charge in [-0.1, -0.05) is 30.3 Å². The minimum absolute atomic E-state index is 0.197. The highest BCUT2D eigenvalue weighted by atomic mass is 16.5. The number of rotatable bonds is 7. The minimum Gasteiger partial charge on any atom is -0.466 e. The van der Waals surface area contributed by atoms with Crippen molar-refractivity contribution in [3.05, 3.63) is 35.9 Å². The van der Waals surface area contributed by atoms with Gasteiger partial charge in [0.05, 0.1) is 26.2 Å². The molecule has 0 aromatic heterocycles. The molecule has 1 atom stereocenters. The normalized spacial score (nSPS) is 12.1. The van der Waals surface area contributed by atoms with Gasteiger partial charge < -0.3 is 15.2 Å². The van der Waals surface area contributed by atoms with Crippen molar-refractivity contribution in [3.8, 4) is 0 Å². The Hall–Kier alpha value is -1.39. The monoisotopic (exact) mass is 237 g/mol. The van der Waals surface area contributed by atoms with Crippen LogP contribution in [0.4, 0.5) is 0 Å². The molecule has 0 spiro atoms. The zero-order valence-electron chi connectivity index (χ0n) is 10.1. The number of hydrogen-bond donors (Lipinski definition) is 1. The molecule has 0 heterocycles. The highest BCUT2D eigenvalue weighted by Crippen LogP contribution is 2.01. The number of carbonyl (C=O) groups excluding carboxylic acids is 1. The first-order valence-corrected chi connectivity index (χ1v) is 5.75. The maximum absolute atomic E-state index is 11.1. The van der Waals surface area contributed by atoms with Crippen LogP contribution in [0, 0.1) is 0 Å². The third-order valence-corrected chi connectivity index (χ3v) is 2.18. The van der Waals surface area contributed by atoms with Crippen LogP contribution >= 0.6 is 0 Å². The summed E-state index contributed by atoms with van der Waals surface area (Å²) in [5, 5.41) is 0. The molecule has 17 heavy (non-hydrogen) atoms. The smallest absolute Gasteiger partial charge is 0.307 e. The Bertz CT molecular complexity index is 327. The van der Waals surface area contributed by atoms with Crippen LogP contribution in [0.15, 0.2) is 30.3 Å². The quantitative estimate of drug-likeness (QED) is 0.730. The van der Waals surface area contributed by atoms with Gasteiger partial charge in [-0.15, -0.1) is 0 Å². The van der Waals surface area contributed by atoms with E-state index in [1.807, 2.05) is 30.3 Å². The third kappa shape index (κ3) is 6.04. The Kier molecular flexibility index (Phi) is 6.29. The summed E-state index contributed by atoms with van der Waals surface area (Å²) in [6.45, 7) is 3.02. The molecule has 0 bridgehead atoms. The van der Waals surface area contributed by atoms with E-state index in [9.17, 15) is 4.79 Å². The number of esters is 1. The fraction of sp³-hybridized carbons (Fsp3) is 0.462. The van der Waals surface area contributed by atoms with Crippen LogP contribution in [-0.2, 0) is 20.9 Å². The highest BCUT2D eigenvalue weighted by Gasteiger charge is 2.10. The summed E-state index contributed by atoms with van der Waals surface area (Å²) < 4.78 is 10.2. The molecule has 1 aromatic carbocycles. The average Bonchev–Trinajstić information content (AvgIpc) is 2.30. The molecule has 4 nitrogen and oxygen atoms in total. The van der Waals surface area contributed by atoms with Crippen molar-refractivity contribution in [3.63, 3.8) is 0 Å². The van der Waals surface area contributed by atoms with Gasteiger partial charge in [-0.25, -0.2) is 0 Å². The van der Waals surface area contributed by atoms with Gasteiger partial charge in [-0.3, -0.25) is 4.79 Å². The van der Waals surface area contributed by atoms with Crippen molar-refractivity contribution >= 4 is 5.97 Å². The van der Waals surface area contributed by atoms with Crippen molar-refractivity contribution in [2.24, 2.45) is 5.73 Å². The number of hydrogen-bond acceptors (Lipinski definition) is 4. The van der Waals surface area contributed by atoms with E-state index in [0.29, 0.717) is 19.8 Å². The van der Waals surface area contributed by atoms with Crippen LogP contribution in [0.25, 0.3) is 0 Å². The minimum atomic E-state index is -0.308. The van der Waals surface area contributed by atoms with Gasteiger partial charge in [0.25, 0.3) is 0 Å². The fourth-order valence-electron chi connectivity index (χ4n) is 1.40. The first-order valence-electron chi connectivity index (χ1n) is 5.75. The van der Waals surface area contributed by atoms with Gasteiger partial charge in [-0.2, -0.15) is 0 Å². The number of ether oxygens (including phenoxy) is 2. The van der Waals surface area contributed by atoms with Crippen molar-refractivity contribution in [2.75, 3.05) is 13.2 Å². The Balaban J connectivity index is 2.16. The van der Waals surface area contributed by atoms with E-state index in [2.05, 4.69) is 0 Å². The van der Waals surface area contributed by atoms with E-state index in [-0.39, 0.29) is 18.4 Å². The van der Waals surface area contributed by atoms with E-state index in [0.717, 1.165) is 5.56 Å². The van der Waals surface area contributed by atoms with Crippen molar-refractivity contribution in [1.29, 1.82) is 0 Å². The molecule has 1 aromatic rings. The second-order valence-corrected chi connectivity index (χ2v) is 3.77. The summed E-state index contributed by atoms with van der Waals surface area (Å²) in [4.78, 5) is 11.1. The molecular weight excluding hydrogens is 218 g/mol. The molecule has 0 unspecified atom stereocenters. The first-order chi connectivity index (χ1) is 8.22. The summed E-state index contributed by atoms with van der Waals surface area (Å²) in [5.74, 6) is -0.275. The molecule has 4 heteroatoms. The Morgan fingerprint density at radius 1 is 1.35 bits per heavy atom. The fourth-order valence-corrected chi connectivity index (χ4v) is 1.40. The van der Waals surface area contributed by atoms with Crippen molar-refractivity contribution < 1.29 is 14.3 Å². The highest BCUT2D eigenvalue weighted by molar-refractivity contribution is 5.70. The van der Waals surface area contributed by atoms with E-state index < -0.39 is 0 Å². The van der Waals surface area contributed by atoms with E-state index >= 15 is 0 Å². The van der Waals surface area contributed by atoms with E-state index in [1.165, 1.54) is 0 Å². The van der Waals surface area contributed by atoms with E-state index in [4.69, 9.17) is 15.2 Å². The van der Waals surface area contributed by atoms with Gasteiger partial charge in [0, 0.05) is 6.04 Å². The van der Waals surface area contributed by atoms with Gasteiger partial charge in [-0.05, 0) is 12.5 Å². The van der Waals surface area contributed by atoms with Crippen LogP contribution in [0.5, 0.6) is 0 Å². The van der Waals surface area contributed by atoms with Crippen LogP contribution in [0.2, 0.25) is 0 Å². The lowest BCUT2D eigenvalue weighted by Crippen LogP contribution is -2.29. The molecule has 0 fully saturated rings. The van der Waals surface area contributed by atoms with Crippen molar-refractivity contribution in [1.82, 2.24) is 0 Å². The lowest BCUT2D eigenvalue weighted by Gasteiger charge is -2.11. The Morgan fingerprint density at radius 3 is 2.71 bits per heavy atom. The SMILES string of the molecule is CCOC(=O)C[C@@H](N)COCc1ccccc1. The molecule has 0 amide bonds. The van der Waals surface area contributed by atoms with Crippen LogP contribution in [-0.4, -0.2) is 25.2 Å². The summed E-state index contributed by atoms with van der Waals surface area (Å²) in [5.41, 5.74) is 6.84. The predicted octanol–water partition coefficient (Wildman–Crippen LogP) is 1.48. The zero-order chi connectivity index (χ0) is 12.5. The van der Waals surface area contributed by atoms with Crippen LogP contribution in [0.3, 0.4) is 0 Å². The lowest BCUT2D eigenvalue weighted by atomic mass is 10.2. The summed E-state index contributed by atoms with van der Waals surface area (Å²) >= 11 is 0. The average molecular weight is 237 g/mol.